The van der Waals surface area contributed by atoms with E-state index in [1.54, 1.807) is 0 Å². The van der Waals surface area contributed by atoms with Gasteiger partial charge in [-0.25, -0.2) is 4.98 Å². The van der Waals surface area contributed by atoms with Crippen LogP contribution in [0.4, 0.5) is 0 Å². The second kappa shape index (κ2) is 5.43. The van der Waals surface area contributed by atoms with Crippen LogP contribution in [0.15, 0.2) is 33.5 Å². The highest BCUT2D eigenvalue weighted by Crippen LogP contribution is 2.25. The zero-order valence-corrected chi connectivity index (χ0v) is 14.1. The number of nitrogens with zero attached hydrogens (tertiary/aromatic N) is 2. The van der Waals surface area contributed by atoms with Crippen LogP contribution < -0.4 is 5.56 Å². The Bertz CT molecular complexity index is 957. The lowest BCUT2D eigenvalue weighted by molar-refractivity contribution is -0.131. The number of hydrogen-bond acceptors (Lipinski definition) is 5. The number of H-pyrrole nitrogens is 1. The maximum atomic E-state index is 12.4. The van der Waals surface area contributed by atoms with Crippen molar-refractivity contribution in [3.8, 4) is 0 Å². The summed E-state index contributed by atoms with van der Waals surface area (Å²) in [6.07, 6.45) is 0.152. The molecule has 24 heavy (non-hydrogen) atoms. The first-order chi connectivity index (χ1) is 11.4. The molecule has 0 amide bonds. The molecule has 0 radical (unpaired) electrons. The Labute approximate surface area is 139 Å². The lowest BCUT2D eigenvalue weighted by Gasteiger charge is -2.41. The minimum absolute atomic E-state index is 0.152. The quantitative estimate of drug-likeness (QED) is 0.783. The van der Waals surface area contributed by atoms with Gasteiger partial charge in [-0.05, 0) is 32.9 Å². The lowest BCUT2D eigenvalue weighted by atomic mass is 10.1. The summed E-state index contributed by atoms with van der Waals surface area (Å²) in [5, 5.41) is 0.871. The van der Waals surface area contributed by atoms with Gasteiger partial charge in [-0.2, -0.15) is 0 Å². The zero-order valence-electron chi connectivity index (χ0n) is 14.1. The van der Waals surface area contributed by atoms with Crippen LogP contribution in [0.1, 0.15) is 26.6 Å². The molecule has 1 aliphatic heterocycles. The van der Waals surface area contributed by atoms with Crippen molar-refractivity contribution < 1.29 is 9.15 Å². The smallest absolute Gasteiger partial charge is 0.294 e. The molecular formula is C18H21N3O3. The molecule has 6 heteroatoms. The maximum Gasteiger partial charge on any atom is 0.294 e. The van der Waals surface area contributed by atoms with E-state index < -0.39 is 0 Å². The number of aromatic nitrogens is 2. The van der Waals surface area contributed by atoms with Crippen LogP contribution in [0.25, 0.3) is 22.1 Å². The third-order valence-corrected chi connectivity index (χ3v) is 4.29. The van der Waals surface area contributed by atoms with E-state index in [4.69, 9.17) is 9.15 Å². The summed E-state index contributed by atoms with van der Waals surface area (Å²) in [6, 6.07) is 7.59. The number of aromatic amines is 1. The van der Waals surface area contributed by atoms with Crippen molar-refractivity contribution in [3.63, 3.8) is 0 Å². The summed E-state index contributed by atoms with van der Waals surface area (Å²) in [6.45, 7) is 8.43. The summed E-state index contributed by atoms with van der Waals surface area (Å²) in [5.41, 5.74) is 1.17. The topological polar surface area (TPSA) is 71.4 Å². The molecule has 126 valence electrons. The molecule has 0 saturated carbocycles. The van der Waals surface area contributed by atoms with E-state index in [0.29, 0.717) is 23.5 Å². The number of furan rings is 1. The first kappa shape index (κ1) is 15.4. The Morgan fingerprint density at radius 2 is 2.17 bits per heavy atom. The standard InChI is InChI=1S/C18H21N3O3/c1-11-8-21(10-18(2,3)24-11)9-14-19-15-12-6-4-5-7-13(12)23-16(15)17(22)20-14/h4-7,11H,8-10H2,1-3H3,(H,19,20,22). The Kier molecular flexibility index (Phi) is 3.47. The van der Waals surface area contributed by atoms with Gasteiger partial charge in [-0.3, -0.25) is 9.69 Å². The normalized spacial score (nSPS) is 21.5. The van der Waals surface area contributed by atoms with Gasteiger partial charge < -0.3 is 14.1 Å². The van der Waals surface area contributed by atoms with E-state index >= 15 is 0 Å². The molecular weight excluding hydrogens is 306 g/mol. The van der Waals surface area contributed by atoms with E-state index in [0.717, 1.165) is 18.5 Å². The first-order valence-electron chi connectivity index (χ1n) is 8.22. The van der Waals surface area contributed by atoms with Crippen molar-refractivity contribution in [1.82, 2.24) is 14.9 Å². The lowest BCUT2D eigenvalue weighted by Crippen LogP contribution is -2.51. The van der Waals surface area contributed by atoms with Gasteiger partial charge in [0.1, 0.15) is 16.9 Å². The van der Waals surface area contributed by atoms with Crippen LogP contribution in [0, 0.1) is 0 Å². The third-order valence-electron chi connectivity index (χ3n) is 4.29. The van der Waals surface area contributed by atoms with Gasteiger partial charge >= 0.3 is 0 Å². The van der Waals surface area contributed by atoms with E-state index in [-0.39, 0.29) is 22.8 Å². The summed E-state index contributed by atoms with van der Waals surface area (Å²) >= 11 is 0. The van der Waals surface area contributed by atoms with Gasteiger partial charge in [-0.1, -0.05) is 12.1 Å². The number of morpholine rings is 1. The molecule has 1 aliphatic rings. The van der Waals surface area contributed by atoms with Crippen molar-refractivity contribution in [2.45, 2.75) is 39.0 Å². The van der Waals surface area contributed by atoms with Crippen LogP contribution in [0.2, 0.25) is 0 Å². The Morgan fingerprint density at radius 3 is 2.96 bits per heavy atom. The van der Waals surface area contributed by atoms with Crippen molar-refractivity contribution in [1.29, 1.82) is 0 Å². The largest absolute Gasteiger partial charge is 0.449 e. The molecule has 6 nitrogen and oxygen atoms in total. The van der Waals surface area contributed by atoms with E-state index in [1.807, 2.05) is 24.3 Å². The van der Waals surface area contributed by atoms with Crippen LogP contribution >= 0.6 is 0 Å². The summed E-state index contributed by atoms with van der Waals surface area (Å²) < 4.78 is 11.6. The molecule has 1 N–H and O–H groups in total. The molecule has 1 fully saturated rings. The van der Waals surface area contributed by atoms with Crippen LogP contribution in [0.5, 0.6) is 0 Å². The highest BCUT2D eigenvalue weighted by molar-refractivity contribution is 6.01. The molecule has 3 aromatic rings. The number of nitrogens with one attached hydrogen (secondary N) is 1. The molecule has 1 saturated heterocycles. The van der Waals surface area contributed by atoms with Gasteiger partial charge in [0.05, 0.1) is 18.2 Å². The molecule has 3 heterocycles. The molecule has 0 spiro atoms. The van der Waals surface area contributed by atoms with Crippen molar-refractivity contribution in [3.05, 3.63) is 40.4 Å². The highest BCUT2D eigenvalue weighted by Gasteiger charge is 2.31. The SMILES string of the molecule is CC1CN(Cc2nc3c(oc4ccccc43)c(=O)[nH]2)CC(C)(C)O1. The molecule has 1 atom stereocenters. The minimum atomic E-state index is -0.230. The van der Waals surface area contributed by atoms with Crippen molar-refractivity contribution in [2.24, 2.45) is 0 Å². The molecule has 1 unspecified atom stereocenters. The second-order valence-corrected chi connectivity index (χ2v) is 7.15. The summed E-state index contributed by atoms with van der Waals surface area (Å²) in [5.74, 6) is 0.656. The number of benzene rings is 1. The number of hydrogen-bond donors (Lipinski definition) is 1. The van der Waals surface area contributed by atoms with Crippen LogP contribution in [0.3, 0.4) is 0 Å². The zero-order chi connectivity index (χ0) is 16.9. The Hall–Kier alpha value is -2.18. The predicted molar refractivity (Wildman–Crippen MR) is 92.0 cm³/mol. The number of para-hydroxylation sites is 1. The van der Waals surface area contributed by atoms with E-state index in [1.165, 1.54) is 0 Å². The van der Waals surface area contributed by atoms with E-state index in [9.17, 15) is 4.79 Å². The monoisotopic (exact) mass is 327 g/mol. The van der Waals surface area contributed by atoms with Gasteiger partial charge in [0.2, 0.25) is 5.58 Å². The van der Waals surface area contributed by atoms with Crippen LogP contribution in [-0.4, -0.2) is 39.7 Å². The second-order valence-electron chi connectivity index (χ2n) is 7.15. The van der Waals surface area contributed by atoms with Crippen molar-refractivity contribution in [2.75, 3.05) is 13.1 Å². The molecule has 1 aromatic carbocycles. The Balaban J connectivity index is 1.72. The third kappa shape index (κ3) is 2.72. The summed E-state index contributed by atoms with van der Waals surface area (Å²) in [4.78, 5) is 22.2. The average Bonchev–Trinajstić information content (AvgIpc) is 2.84. The maximum absolute atomic E-state index is 12.4. The molecule has 0 bridgehead atoms. The Morgan fingerprint density at radius 1 is 1.38 bits per heavy atom. The average molecular weight is 327 g/mol. The minimum Gasteiger partial charge on any atom is -0.449 e. The fourth-order valence-electron chi connectivity index (χ4n) is 3.64. The molecule has 4 rings (SSSR count). The van der Waals surface area contributed by atoms with Gasteiger partial charge in [0.25, 0.3) is 5.56 Å². The number of fused-ring (bicyclic) bond motifs is 3. The first-order valence-corrected chi connectivity index (χ1v) is 8.22. The van der Waals surface area contributed by atoms with Gasteiger partial charge in [0, 0.05) is 18.5 Å². The summed E-state index contributed by atoms with van der Waals surface area (Å²) in [7, 11) is 0. The van der Waals surface area contributed by atoms with Crippen LogP contribution in [-0.2, 0) is 11.3 Å². The number of rotatable bonds is 2. The van der Waals surface area contributed by atoms with E-state index in [2.05, 4.69) is 35.6 Å². The fraction of sp³-hybridized carbons (Fsp3) is 0.444. The highest BCUT2D eigenvalue weighted by atomic mass is 16.5. The van der Waals surface area contributed by atoms with Gasteiger partial charge in [0.15, 0.2) is 0 Å². The number of ether oxygens (including phenoxy) is 1. The molecule has 2 aromatic heterocycles. The molecule has 0 aliphatic carbocycles. The van der Waals surface area contributed by atoms with Crippen molar-refractivity contribution >= 4 is 22.1 Å². The van der Waals surface area contributed by atoms with Gasteiger partial charge in [-0.15, -0.1) is 0 Å². The fourth-order valence-corrected chi connectivity index (χ4v) is 3.64. The predicted octanol–water partition coefficient (Wildman–Crippen LogP) is 2.67.